The maximum atomic E-state index is 2.82. The molecule has 1 aromatic heterocycles. The van der Waals surface area contributed by atoms with Gasteiger partial charge in [0, 0.05) is 72.5 Å². The molecule has 79 heavy (non-hydrogen) atoms. The number of hydrogen-bond acceptors (Lipinski definition) is 2. The topological polar surface area (TPSA) is 11.4 Å². The second-order valence-corrected chi connectivity index (χ2v) is 29.9. The van der Waals surface area contributed by atoms with Gasteiger partial charge in [-0.2, -0.15) is 0 Å². The van der Waals surface area contributed by atoms with E-state index in [1.54, 1.807) is 0 Å². The molecule has 4 heteroatoms. The van der Waals surface area contributed by atoms with Crippen LogP contribution in [0.4, 0.5) is 28.4 Å². The van der Waals surface area contributed by atoms with Crippen molar-refractivity contribution in [3.05, 3.63) is 196 Å². The van der Waals surface area contributed by atoms with E-state index in [0.29, 0.717) is 0 Å². The summed E-state index contributed by atoms with van der Waals surface area (Å²) in [6.07, 6.45) is 4.68. The van der Waals surface area contributed by atoms with E-state index in [1.807, 2.05) is 0 Å². The lowest BCUT2D eigenvalue weighted by Crippen LogP contribution is -2.52. The molecule has 5 aliphatic rings. The van der Waals surface area contributed by atoms with Crippen LogP contribution in [0.2, 0.25) is 0 Å². The summed E-state index contributed by atoms with van der Waals surface area (Å²) in [5.74, 6) is 0. The zero-order chi connectivity index (χ0) is 55.5. The molecule has 3 nitrogen and oxygen atoms in total. The Balaban J connectivity index is 1.15. The van der Waals surface area contributed by atoms with Crippen LogP contribution in [-0.4, -0.2) is 11.3 Å². The molecule has 0 saturated carbocycles. The van der Waals surface area contributed by atoms with E-state index in [9.17, 15) is 0 Å². The molecule has 9 aromatic rings. The lowest BCUT2D eigenvalue weighted by atomic mass is 9.40. The second-order valence-electron chi connectivity index (χ2n) is 29.9. The molecular weight excluding hydrogens is 954 g/mol. The molecule has 398 valence electrons. The van der Waals surface area contributed by atoms with Gasteiger partial charge in [-0.3, -0.25) is 0 Å². The first kappa shape index (κ1) is 50.4. The van der Waals surface area contributed by atoms with Gasteiger partial charge in [0.25, 0.3) is 0 Å². The largest absolute Gasteiger partial charge is 0.376 e. The van der Waals surface area contributed by atoms with Crippen LogP contribution >= 0.6 is 0 Å². The minimum Gasteiger partial charge on any atom is -0.376 e. The molecule has 3 aliphatic carbocycles. The van der Waals surface area contributed by atoms with Gasteiger partial charge in [-0.25, -0.2) is 0 Å². The Bertz CT molecular complexity index is 4060. The SMILES string of the molecule is CC(C)(C)c1ccc(N(c2ccc(C(C)(C)C)cc2)c2cc3c4c(c2)N(c2ccc5c(c2)C(C)(C)CCC5(C)C)C2=C(B4n4c5ccc6ccccc6c5c5cccc-3c54)C(C)(C)c3cc4c(cc32)C(C)(C)CCC4(C)C)cc1. The summed E-state index contributed by atoms with van der Waals surface area (Å²) in [4.78, 5) is 5.35. The molecule has 0 radical (unpaired) electrons. The molecule has 0 bridgehead atoms. The summed E-state index contributed by atoms with van der Waals surface area (Å²) in [6, 6.07) is 58.2. The summed E-state index contributed by atoms with van der Waals surface area (Å²) in [5, 5.41) is 5.27. The summed E-state index contributed by atoms with van der Waals surface area (Å²) in [6.45, 7) is 38.9. The van der Waals surface area contributed by atoms with Gasteiger partial charge in [0.1, 0.15) is 0 Å². The fraction of sp³-hybridized carbons (Fsp3) is 0.360. The van der Waals surface area contributed by atoms with Crippen LogP contribution < -0.4 is 15.3 Å². The van der Waals surface area contributed by atoms with Crippen LogP contribution in [0, 0.1) is 0 Å². The second kappa shape index (κ2) is 16.2. The first-order valence-electron chi connectivity index (χ1n) is 29.7. The molecular formula is C75H80BN3. The van der Waals surface area contributed by atoms with Crippen LogP contribution in [-0.2, 0) is 37.9 Å². The number of nitrogens with zero attached hydrogens (tertiary/aromatic N) is 3. The van der Waals surface area contributed by atoms with Gasteiger partial charge in [0.2, 0.25) is 0 Å². The van der Waals surface area contributed by atoms with E-state index in [1.165, 1.54) is 135 Å². The van der Waals surface area contributed by atoms with Gasteiger partial charge in [-0.05, 0) is 185 Å². The van der Waals surface area contributed by atoms with Gasteiger partial charge >= 0.3 is 6.85 Å². The third kappa shape index (κ3) is 7.17. The van der Waals surface area contributed by atoms with Gasteiger partial charge in [0.05, 0.1) is 0 Å². The van der Waals surface area contributed by atoms with E-state index in [-0.39, 0.29) is 44.8 Å². The lowest BCUT2D eigenvalue weighted by Gasteiger charge is -2.45. The third-order valence-electron chi connectivity index (χ3n) is 20.6. The molecule has 14 rings (SSSR count). The number of benzene rings is 8. The first-order valence-corrected chi connectivity index (χ1v) is 29.7. The van der Waals surface area contributed by atoms with E-state index < -0.39 is 0 Å². The highest BCUT2D eigenvalue weighted by Crippen LogP contribution is 2.61. The molecule has 0 saturated heterocycles. The summed E-state index contributed by atoms with van der Waals surface area (Å²) in [7, 11) is 0. The van der Waals surface area contributed by atoms with Crippen LogP contribution in [0.15, 0.2) is 151 Å². The zero-order valence-corrected chi connectivity index (χ0v) is 50.1. The Morgan fingerprint density at radius 1 is 0.456 bits per heavy atom. The molecule has 0 unspecified atom stereocenters. The molecule has 0 fully saturated rings. The van der Waals surface area contributed by atoms with Crippen molar-refractivity contribution in [2.24, 2.45) is 0 Å². The third-order valence-corrected chi connectivity index (χ3v) is 20.6. The van der Waals surface area contributed by atoms with E-state index in [4.69, 9.17) is 0 Å². The van der Waals surface area contributed by atoms with Crippen molar-refractivity contribution in [3.63, 3.8) is 0 Å². The monoisotopic (exact) mass is 1030 g/mol. The van der Waals surface area contributed by atoms with Crippen LogP contribution in [0.5, 0.6) is 0 Å². The Hall–Kier alpha value is -6.78. The Kier molecular flexibility index (Phi) is 10.3. The molecule has 3 heterocycles. The normalized spacial score (nSPS) is 18.8. The summed E-state index contributed by atoms with van der Waals surface area (Å²) >= 11 is 0. The average molecular weight is 1030 g/mol. The van der Waals surface area contributed by atoms with Crippen molar-refractivity contribution in [1.29, 1.82) is 0 Å². The molecule has 2 aliphatic heterocycles. The van der Waals surface area contributed by atoms with Crippen LogP contribution in [0.25, 0.3) is 49.4 Å². The molecule has 8 aromatic carbocycles. The first-order chi connectivity index (χ1) is 37.2. The van der Waals surface area contributed by atoms with Gasteiger partial charge in [-0.1, -0.05) is 196 Å². The van der Waals surface area contributed by atoms with Gasteiger partial charge in [-0.15, -0.1) is 0 Å². The van der Waals surface area contributed by atoms with Gasteiger partial charge in [0.15, 0.2) is 0 Å². The van der Waals surface area contributed by atoms with Crippen molar-refractivity contribution in [2.45, 2.75) is 174 Å². The highest BCUT2D eigenvalue weighted by atomic mass is 15.2. The lowest BCUT2D eigenvalue weighted by molar-refractivity contribution is 0.331. The number of hydrogen-bond donors (Lipinski definition) is 0. The highest BCUT2D eigenvalue weighted by Gasteiger charge is 2.55. The van der Waals surface area contributed by atoms with Gasteiger partial charge < -0.3 is 14.3 Å². The van der Waals surface area contributed by atoms with Crippen LogP contribution in [0.3, 0.4) is 0 Å². The van der Waals surface area contributed by atoms with Crippen molar-refractivity contribution in [1.82, 2.24) is 4.48 Å². The fourth-order valence-electron chi connectivity index (χ4n) is 15.6. The van der Waals surface area contributed by atoms with Crippen molar-refractivity contribution < 1.29 is 0 Å². The smallest absolute Gasteiger partial charge is 0.329 e. The van der Waals surface area contributed by atoms with Crippen molar-refractivity contribution in [3.8, 4) is 11.1 Å². The fourth-order valence-corrected chi connectivity index (χ4v) is 15.6. The number of para-hydroxylation sites is 1. The number of aromatic nitrogens is 1. The average Bonchev–Trinajstić information content (AvgIpc) is 2.19. The number of anilines is 5. The van der Waals surface area contributed by atoms with E-state index in [2.05, 4.69) is 271 Å². The number of fused-ring (bicyclic) bond motifs is 12. The predicted molar refractivity (Wildman–Crippen MR) is 341 cm³/mol. The Labute approximate surface area is 471 Å². The molecule has 0 amide bonds. The molecule has 0 atom stereocenters. The number of allylic oxidation sites excluding steroid dienone is 1. The summed E-state index contributed by atoms with van der Waals surface area (Å²) < 4.78 is 2.82. The quantitative estimate of drug-likeness (QED) is 0.163. The minimum atomic E-state index is -0.328. The maximum Gasteiger partial charge on any atom is 0.329 e. The Morgan fingerprint density at radius 2 is 1.01 bits per heavy atom. The van der Waals surface area contributed by atoms with Crippen molar-refractivity contribution in [2.75, 3.05) is 9.80 Å². The zero-order valence-electron chi connectivity index (χ0n) is 50.1. The number of rotatable bonds is 4. The molecule has 0 spiro atoms. The van der Waals surface area contributed by atoms with Crippen LogP contribution in [0.1, 0.15) is 181 Å². The summed E-state index contributed by atoms with van der Waals surface area (Å²) in [5.41, 5.74) is 26.9. The minimum absolute atomic E-state index is 0.0192. The highest BCUT2D eigenvalue weighted by molar-refractivity contribution is 6.85. The predicted octanol–water partition coefficient (Wildman–Crippen LogP) is 19.8. The van der Waals surface area contributed by atoms with Crippen molar-refractivity contribution >= 4 is 79.0 Å². The van der Waals surface area contributed by atoms with E-state index >= 15 is 0 Å². The maximum absolute atomic E-state index is 2.82. The van der Waals surface area contributed by atoms with E-state index in [0.717, 1.165) is 23.5 Å². The molecule has 0 N–H and O–H groups in total. The Morgan fingerprint density at radius 3 is 1.62 bits per heavy atom. The standard InChI is InChI=1S/C75H80BN3/c1-69(2,3)46-25-29-48(30-26-46)77(49-31-27-47(28-32-49)70(4,5)6)51-40-55-53-22-19-23-54-64-52-21-18-17-20-45(52)24-35-62(64)79(66(53)54)76-65(55)63(42-51)78(50-33-34-57-59(41-50)72(9,10)37-36-71(57,7)8)67-56-43-60-61(44-58(56)75(15,16)68(67)76)74(13,14)39-38-73(60,11)12/h17-35,40-44H,36-39H2,1-16H3.